The number of hydrogen-bond donors (Lipinski definition) is 2. The van der Waals surface area contributed by atoms with Gasteiger partial charge in [0.1, 0.15) is 5.15 Å². The van der Waals surface area contributed by atoms with E-state index in [4.69, 9.17) is 17.3 Å². The molecule has 0 atom stereocenters. The van der Waals surface area contributed by atoms with Gasteiger partial charge in [0.2, 0.25) is 0 Å². The third-order valence-corrected chi connectivity index (χ3v) is 2.72. The summed E-state index contributed by atoms with van der Waals surface area (Å²) in [7, 11) is 0. The Balaban J connectivity index is 2.41. The van der Waals surface area contributed by atoms with Crippen molar-refractivity contribution in [1.29, 1.82) is 0 Å². The fourth-order valence-electron chi connectivity index (χ4n) is 1.54. The number of hydrazone groups is 1. The van der Waals surface area contributed by atoms with Crippen molar-refractivity contribution in [2.45, 2.75) is 6.92 Å². The Morgan fingerprint density at radius 2 is 2.28 bits per heavy atom. The number of benzene rings is 1. The van der Waals surface area contributed by atoms with Gasteiger partial charge in [0.25, 0.3) is 0 Å². The highest BCUT2D eigenvalue weighted by molar-refractivity contribution is 7.80. The summed E-state index contributed by atoms with van der Waals surface area (Å²) in [5.41, 5.74) is 10.5. The van der Waals surface area contributed by atoms with Gasteiger partial charge in [0, 0.05) is 10.9 Å². The van der Waals surface area contributed by atoms with Gasteiger partial charge >= 0.3 is 0 Å². The van der Waals surface area contributed by atoms with E-state index in [-0.39, 0.29) is 5.11 Å². The summed E-state index contributed by atoms with van der Waals surface area (Å²) in [6.07, 6.45) is 1.54. The van der Waals surface area contributed by atoms with Gasteiger partial charge in [-0.2, -0.15) is 5.10 Å². The van der Waals surface area contributed by atoms with E-state index in [1.165, 1.54) is 6.21 Å². The molecule has 0 aliphatic heterocycles. The molecule has 1 aromatic heterocycles. The van der Waals surface area contributed by atoms with Gasteiger partial charge in [-0.3, -0.25) is 5.43 Å². The van der Waals surface area contributed by atoms with Crippen LogP contribution in [0.3, 0.4) is 0 Å². The molecule has 92 valence electrons. The lowest BCUT2D eigenvalue weighted by atomic mass is 10.1. The lowest BCUT2D eigenvalue weighted by molar-refractivity contribution is 1.04. The molecule has 6 heteroatoms. The predicted octanol–water partition coefficient (Wildman–Crippen LogP) is 2.36. The van der Waals surface area contributed by atoms with Crippen LogP contribution in [0.15, 0.2) is 29.4 Å². The van der Waals surface area contributed by atoms with E-state index in [2.05, 4.69) is 27.7 Å². The number of aryl methyl sites for hydroxylation is 1. The summed E-state index contributed by atoms with van der Waals surface area (Å²) >= 11 is 10.7. The molecule has 0 saturated carbocycles. The summed E-state index contributed by atoms with van der Waals surface area (Å²) < 4.78 is 0. The first kappa shape index (κ1) is 12.7. The molecule has 2 aromatic rings. The van der Waals surface area contributed by atoms with Gasteiger partial charge in [-0.25, -0.2) is 4.98 Å². The topological polar surface area (TPSA) is 63.3 Å². The van der Waals surface area contributed by atoms with Crippen molar-refractivity contribution < 1.29 is 0 Å². The number of thiocarbonyl (C=S) groups is 1. The smallest absolute Gasteiger partial charge is 0.184 e. The molecular weight excluding hydrogens is 268 g/mol. The average Bonchev–Trinajstić information content (AvgIpc) is 2.30. The summed E-state index contributed by atoms with van der Waals surface area (Å²) in [4.78, 5) is 4.30. The number of pyridine rings is 1. The van der Waals surface area contributed by atoms with Gasteiger partial charge < -0.3 is 5.73 Å². The summed E-state index contributed by atoms with van der Waals surface area (Å²) in [6.45, 7) is 2.02. The van der Waals surface area contributed by atoms with Crippen LogP contribution in [0.5, 0.6) is 0 Å². The molecule has 18 heavy (non-hydrogen) atoms. The first-order valence-electron chi connectivity index (χ1n) is 5.21. The number of halogens is 1. The molecule has 1 heterocycles. The highest BCUT2D eigenvalue weighted by atomic mass is 35.5. The molecule has 1 aromatic carbocycles. The summed E-state index contributed by atoms with van der Waals surface area (Å²) in [5, 5.41) is 5.37. The van der Waals surface area contributed by atoms with Crippen molar-refractivity contribution in [1.82, 2.24) is 10.4 Å². The standard InChI is InChI=1S/C12H11ClN4S/c1-7-2-3-10-8(4-7)5-9(11(13)16-10)6-15-17-12(14)18/h2-6H,1H3,(H3,14,17,18)/b15-6+. The van der Waals surface area contributed by atoms with Crippen LogP contribution in [-0.4, -0.2) is 16.3 Å². The SMILES string of the molecule is Cc1ccc2nc(Cl)c(/C=N/NC(N)=S)cc2c1. The zero-order chi connectivity index (χ0) is 13.1. The Hall–Kier alpha value is -1.72. The fourth-order valence-corrected chi connectivity index (χ4v) is 1.79. The average molecular weight is 279 g/mol. The van der Waals surface area contributed by atoms with Gasteiger partial charge in [-0.1, -0.05) is 23.2 Å². The minimum absolute atomic E-state index is 0.104. The molecule has 0 aliphatic rings. The molecule has 2 rings (SSSR count). The number of aromatic nitrogens is 1. The second-order valence-corrected chi connectivity index (χ2v) is 4.60. The summed E-state index contributed by atoms with van der Waals surface area (Å²) in [6, 6.07) is 7.89. The monoisotopic (exact) mass is 278 g/mol. The Morgan fingerprint density at radius 1 is 1.50 bits per heavy atom. The largest absolute Gasteiger partial charge is 0.375 e. The number of rotatable bonds is 2. The van der Waals surface area contributed by atoms with Crippen LogP contribution in [0.1, 0.15) is 11.1 Å². The predicted molar refractivity (Wildman–Crippen MR) is 79.0 cm³/mol. The zero-order valence-corrected chi connectivity index (χ0v) is 11.2. The molecule has 0 amide bonds. The van der Waals surface area contributed by atoms with E-state index in [9.17, 15) is 0 Å². The van der Waals surface area contributed by atoms with Gasteiger partial charge in [-0.15, -0.1) is 0 Å². The van der Waals surface area contributed by atoms with Crippen LogP contribution in [0.4, 0.5) is 0 Å². The highest BCUT2D eigenvalue weighted by Crippen LogP contribution is 2.20. The molecular formula is C12H11ClN4S. The molecule has 0 aliphatic carbocycles. The first-order chi connectivity index (χ1) is 8.56. The molecule has 4 nitrogen and oxygen atoms in total. The second-order valence-electron chi connectivity index (χ2n) is 3.80. The molecule has 0 saturated heterocycles. The van der Waals surface area contributed by atoms with Crippen LogP contribution in [-0.2, 0) is 0 Å². The van der Waals surface area contributed by atoms with Gasteiger partial charge in [0.05, 0.1) is 11.7 Å². The van der Waals surface area contributed by atoms with Gasteiger partial charge in [0.15, 0.2) is 5.11 Å². The van der Waals surface area contributed by atoms with E-state index in [0.717, 1.165) is 16.5 Å². The molecule has 0 radical (unpaired) electrons. The Labute approximate surface area is 115 Å². The Morgan fingerprint density at radius 3 is 3.00 bits per heavy atom. The van der Waals surface area contributed by atoms with E-state index < -0.39 is 0 Å². The second kappa shape index (κ2) is 5.29. The molecule has 0 unspecified atom stereocenters. The summed E-state index contributed by atoms with van der Waals surface area (Å²) in [5.74, 6) is 0. The van der Waals surface area contributed by atoms with Crippen molar-refractivity contribution in [3.63, 3.8) is 0 Å². The number of hydrogen-bond acceptors (Lipinski definition) is 3. The van der Waals surface area contributed by atoms with Crippen LogP contribution in [0.25, 0.3) is 10.9 Å². The minimum Gasteiger partial charge on any atom is -0.375 e. The highest BCUT2D eigenvalue weighted by Gasteiger charge is 2.03. The number of nitrogens with zero attached hydrogens (tertiary/aromatic N) is 2. The molecule has 0 fully saturated rings. The van der Waals surface area contributed by atoms with Crippen LogP contribution in [0.2, 0.25) is 5.15 Å². The van der Waals surface area contributed by atoms with E-state index in [1.54, 1.807) is 0 Å². The Bertz CT molecular complexity index is 639. The van der Waals surface area contributed by atoms with Crippen LogP contribution < -0.4 is 11.2 Å². The van der Waals surface area contributed by atoms with Crippen molar-refractivity contribution in [2.75, 3.05) is 0 Å². The van der Waals surface area contributed by atoms with Crippen molar-refractivity contribution in [3.8, 4) is 0 Å². The maximum absolute atomic E-state index is 6.06. The van der Waals surface area contributed by atoms with E-state index in [0.29, 0.717) is 10.7 Å². The van der Waals surface area contributed by atoms with Crippen LogP contribution >= 0.6 is 23.8 Å². The molecule has 0 spiro atoms. The van der Waals surface area contributed by atoms with Crippen molar-refractivity contribution in [2.24, 2.45) is 10.8 Å². The van der Waals surface area contributed by atoms with E-state index >= 15 is 0 Å². The first-order valence-corrected chi connectivity index (χ1v) is 6.00. The lowest BCUT2D eigenvalue weighted by Gasteiger charge is -2.03. The van der Waals surface area contributed by atoms with Crippen LogP contribution in [0, 0.1) is 6.92 Å². The lowest BCUT2D eigenvalue weighted by Crippen LogP contribution is -2.24. The maximum Gasteiger partial charge on any atom is 0.184 e. The minimum atomic E-state index is 0.104. The normalized spacial score (nSPS) is 11.0. The quantitative estimate of drug-likeness (QED) is 0.383. The third-order valence-electron chi connectivity index (χ3n) is 2.33. The maximum atomic E-state index is 6.06. The van der Waals surface area contributed by atoms with Crippen molar-refractivity contribution in [3.05, 3.63) is 40.5 Å². The third kappa shape index (κ3) is 2.94. The molecule has 0 bridgehead atoms. The van der Waals surface area contributed by atoms with Crippen molar-refractivity contribution >= 4 is 46.0 Å². The van der Waals surface area contributed by atoms with Gasteiger partial charge in [-0.05, 0) is 37.3 Å². The number of fused-ring (bicyclic) bond motifs is 1. The zero-order valence-electron chi connectivity index (χ0n) is 9.64. The number of nitrogens with two attached hydrogens (primary N) is 1. The molecule has 3 N–H and O–H groups in total. The fraction of sp³-hybridized carbons (Fsp3) is 0.0833. The van der Waals surface area contributed by atoms with E-state index in [1.807, 2.05) is 31.2 Å². The Kier molecular flexibility index (Phi) is 3.74. The number of nitrogens with one attached hydrogen (secondary N) is 1.